The molecule has 13 aromatic rings. The minimum atomic E-state index is -0.931. The van der Waals surface area contributed by atoms with Crippen LogP contribution in [-0.4, -0.2) is 13.7 Å². The van der Waals surface area contributed by atoms with Crippen molar-refractivity contribution in [2.45, 2.75) is 0 Å². The van der Waals surface area contributed by atoms with Crippen LogP contribution in [0.4, 0.5) is 0 Å². The zero-order valence-corrected chi connectivity index (χ0v) is 32.7. The van der Waals surface area contributed by atoms with E-state index >= 15 is 0 Å². The molecule has 0 spiro atoms. The van der Waals surface area contributed by atoms with Gasteiger partial charge in [-0.05, 0) is 93.9 Å². The second-order valence-electron chi connectivity index (χ2n) is 14.9. The van der Waals surface area contributed by atoms with Crippen molar-refractivity contribution in [3.05, 3.63) is 236 Å². The Morgan fingerprint density at radius 2 is 0.635 bits per heavy atom. The smallest absolute Gasteiger partial charge is 0.0783 e. The Balaban J connectivity index is 1.33. The molecule has 0 bridgehead atoms. The van der Waals surface area contributed by atoms with E-state index in [4.69, 9.17) is 11.0 Å². The lowest BCUT2D eigenvalue weighted by molar-refractivity contribution is 1.11. The Morgan fingerprint density at radius 1 is 0.270 bits per heavy atom. The number of hydrogen-bond acceptors (Lipinski definition) is 0. The average molecular weight is 824 g/mol. The van der Waals surface area contributed by atoms with Crippen LogP contribution in [0, 0.1) is 0 Å². The van der Waals surface area contributed by atoms with Crippen molar-refractivity contribution in [3.63, 3.8) is 0 Å². The Kier molecular flexibility index (Phi) is 4.47. The summed E-state index contributed by atoms with van der Waals surface area (Å²) in [6.45, 7) is 0. The molecular formula is C60H39N3. The van der Waals surface area contributed by atoms with Gasteiger partial charge in [0.25, 0.3) is 0 Å². The van der Waals surface area contributed by atoms with E-state index in [0.29, 0.717) is 22.3 Å². The van der Waals surface area contributed by atoms with Crippen LogP contribution in [-0.2, 0) is 0 Å². The van der Waals surface area contributed by atoms with Gasteiger partial charge in [-0.3, -0.25) is 0 Å². The molecule has 0 unspecified atom stereocenters. The molecule has 3 heteroatoms. The molecule has 0 radical (unpaired) electrons. The molecular weight excluding hydrogens is 763 g/mol. The van der Waals surface area contributed by atoms with E-state index in [1.165, 1.54) is 4.57 Å². The van der Waals surface area contributed by atoms with Gasteiger partial charge in [-0.1, -0.05) is 176 Å². The van der Waals surface area contributed by atoms with Crippen LogP contribution < -0.4 is 0 Å². The molecule has 63 heavy (non-hydrogen) atoms. The summed E-state index contributed by atoms with van der Waals surface area (Å²) in [7, 11) is 0. The quantitative estimate of drug-likeness (QED) is 0.159. The van der Waals surface area contributed by atoms with Gasteiger partial charge in [-0.25, -0.2) is 0 Å². The molecule has 3 heterocycles. The molecule has 0 aliphatic carbocycles. The first-order valence-electron chi connectivity index (χ1n) is 30.9. The van der Waals surface area contributed by atoms with Gasteiger partial charge in [0.2, 0.25) is 0 Å². The molecule has 0 amide bonds. The van der Waals surface area contributed by atoms with Gasteiger partial charge < -0.3 is 13.7 Å². The highest BCUT2D eigenvalue weighted by Crippen LogP contribution is 2.44. The second kappa shape index (κ2) is 14.1. The summed E-state index contributed by atoms with van der Waals surface area (Å²) >= 11 is 0. The summed E-state index contributed by atoms with van der Waals surface area (Å²) < 4.78 is 210. The Hall–Kier alpha value is -8.40. The van der Waals surface area contributed by atoms with Gasteiger partial charge in [0, 0.05) is 38.0 Å². The monoisotopic (exact) mass is 823 g/mol. The maximum atomic E-state index is 10.2. The Bertz CT molecular complexity index is 5130. The van der Waals surface area contributed by atoms with Crippen molar-refractivity contribution >= 4 is 65.4 Å². The van der Waals surface area contributed by atoms with E-state index in [9.17, 15) is 19.2 Å². The van der Waals surface area contributed by atoms with E-state index < -0.39 is 188 Å². The molecule has 0 aliphatic heterocycles. The number of aromatic nitrogens is 3. The maximum Gasteiger partial charge on any atom is 0.0783 e. The van der Waals surface area contributed by atoms with Crippen molar-refractivity contribution in [2.75, 3.05) is 0 Å². The van der Waals surface area contributed by atoms with Gasteiger partial charge in [-0.2, -0.15) is 0 Å². The average Bonchev–Trinajstić information content (AvgIpc) is 1.80. The van der Waals surface area contributed by atoms with Crippen molar-refractivity contribution in [1.82, 2.24) is 13.7 Å². The number of rotatable bonds is 6. The zero-order chi connectivity index (χ0) is 60.6. The maximum absolute atomic E-state index is 10.2. The molecule has 0 saturated heterocycles. The van der Waals surface area contributed by atoms with Crippen LogP contribution in [0.5, 0.6) is 0 Å². The zero-order valence-electron chi connectivity index (χ0n) is 54.7. The molecule has 0 saturated carbocycles. The number of benzene rings is 10. The Morgan fingerprint density at radius 3 is 1.19 bits per heavy atom. The highest BCUT2D eigenvalue weighted by Gasteiger charge is 2.24. The van der Waals surface area contributed by atoms with Gasteiger partial charge in [-0.15, -0.1) is 0 Å². The number of para-hydroxylation sites is 6. The first-order chi connectivity index (χ1) is 40.4. The van der Waals surface area contributed by atoms with Gasteiger partial charge >= 0.3 is 0 Å². The summed E-state index contributed by atoms with van der Waals surface area (Å²) in [6.07, 6.45) is 0. The second-order valence-corrected chi connectivity index (χ2v) is 14.9. The van der Waals surface area contributed by atoms with Crippen LogP contribution >= 0.6 is 0 Å². The van der Waals surface area contributed by atoms with Crippen molar-refractivity contribution < 1.29 is 30.2 Å². The highest BCUT2D eigenvalue weighted by atomic mass is 15.1. The first kappa shape index (κ1) is 20.0. The number of fused-ring (bicyclic) bond motifs is 9. The van der Waals surface area contributed by atoms with Crippen molar-refractivity contribution in [1.29, 1.82) is 0 Å². The fourth-order valence-corrected chi connectivity index (χ4v) is 8.77. The van der Waals surface area contributed by atoms with E-state index in [2.05, 4.69) is 0 Å². The predicted molar refractivity (Wildman–Crippen MR) is 266 cm³/mol. The standard InChI is InChI=1S/C60H39N3/c1-3-18-40(19-4-1)42-22-15-23-43(36-42)45-37-44(41-20-5-2-6-21-41)38-46(39-45)61-53-30-11-9-26-49(53)51-28-17-35-58(59(51)61)63-56-33-14-10-27-50(56)52-29-16-34-57(60(52)63)62-54-31-12-7-24-47(54)48-25-8-13-32-55(48)62/h1-39H/i7D,8D,9D,10D,11D,12D,13D,14D,16D,17D,24D,25D,26D,27D,28D,29D,30D,31D,32D,33D,34D,35D. The normalized spacial score (nSPS) is 16.7. The van der Waals surface area contributed by atoms with Crippen molar-refractivity contribution in [3.8, 4) is 50.4 Å². The molecule has 294 valence electrons. The van der Waals surface area contributed by atoms with Crippen LogP contribution in [0.1, 0.15) is 30.2 Å². The lowest BCUT2D eigenvalue weighted by Gasteiger charge is -2.18. The summed E-state index contributed by atoms with van der Waals surface area (Å²) in [6, 6.07) is 14.1. The number of nitrogens with zero attached hydrogens (tertiary/aromatic N) is 3. The van der Waals surface area contributed by atoms with E-state index in [-0.39, 0.29) is 27.5 Å². The van der Waals surface area contributed by atoms with Crippen molar-refractivity contribution in [2.24, 2.45) is 0 Å². The lowest BCUT2D eigenvalue weighted by Crippen LogP contribution is -2.03. The molecule has 13 rings (SSSR count). The molecule has 0 aliphatic rings. The predicted octanol–water partition coefficient (Wildman–Crippen LogP) is 16.0. The SMILES string of the molecule is [2H]c1c([2H])c([2H])c2c(c1[2H])c1c([2H])c([2H])c([2H])c(-n3c4c([2H])c([2H])c([2H])c([2H])c4c4c([2H])c([2H])c([2H])c(-n5c6c([2H])c([2H])c([2H])c([2H])c6c6c([2H])c([2H])c([2H])c([2H])c65)c43)c1n2-c1cc(-c2ccccc2)cc(-c2cccc(-c3ccccc3)c2)c1. The van der Waals surface area contributed by atoms with E-state index in [0.717, 1.165) is 20.3 Å². The summed E-state index contributed by atoms with van der Waals surface area (Å²) in [5.41, 5.74) is 0.374. The molecule has 3 nitrogen and oxygen atoms in total. The third kappa shape index (κ3) is 5.46. The minimum Gasteiger partial charge on any atom is -0.307 e. The third-order valence-electron chi connectivity index (χ3n) is 11.5. The van der Waals surface area contributed by atoms with Gasteiger partial charge in [0.15, 0.2) is 0 Å². The first-order valence-corrected chi connectivity index (χ1v) is 19.9. The highest BCUT2D eigenvalue weighted by molar-refractivity contribution is 6.17. The molecule has 0 N–H and O–H groups in total. The summed E-state index contributed by atoms with van der Waals surface area (Å²) in [4.78, 5) is 0. The van der Waals surface area contributed by atoms with E-state index in [1.54, 1.807) is 12.1 Å². The molecule has 10 aromatic carbocycles. The number of hydrogen-bond donors (Lipinski definition) is 0. The topological polar surface area (TPSA) is 14.8 Å². The van der Waals surface area contributed by atoms with Crippen LogP contribution in [0.15, 0.2) is 236 Å². The fraction of sp³-hybridized carbons (Fsp3) is 0. The Labute approximate surface area is 395 Å². The lowest BCUT2D eigenvalue weighted by atomic mass is 9.95. The van der Waals surface area contributed by atoms with Gasteiger partial charge in [0.05, 0.1) is 74.6 Å². The van der Waals surface area contributed by atoms with Crippen LogP contribution in [0.2, 0.25) is 0 Å². The van der Waals surface area contributed by atoms with E-state index in [1.807, 2.05) is 91.0 Å². The minimum absolute atomic E-state index is 0.150. The van der Waals surface area contributed by atoms with Gasteiger partial charge in [0.1, 0.15) is 0 Å². The molecule has 0 fully saturated rings. The van der Waals surface area contributed by atoms with Crippen LogP contribution in [0.3, 0.4) is 0 Å². The molecule has 0 atom stereocenters. The fourth-order valence-electron chi connectivity index (χ4n) is 8.77. The summed E-state index contributed by atoms with van der Waals surface area (Å²) in [5, 5.41) is -2.54. The third-order valence-corrected chi connectivity index (χ3v) is 11.5. The summed E-state index contributed by atoms with van der Waals surface area (Å²) in [5.74, 6) is 0. The van der Waals surface area contributed by atoms with Crippen LogP contribution in [0.25, 0.3) is 116 Å². The largest absolute Gasteiger partial charge is 0.307 e. The molecule has 3 aromatic heterocycles.